The van der Waals surface area contributed by atoms with Crippen molar-refractivity contribution in [2.24, 2.45) is 0 Å². The van der Waals surface area contributed by atoms with Crippen LogP contribution in [0.15, 0.2) is 42.5 Å². The molecule has 150 valence electrons. The Morgan fingerprint density at radius 3 is 2.50 bits per heavy atom. The molecule has 1 amide bonds. The molecule has 3 rings (SSSR count). The van der Waals surface area contributed by atoms with Gasteiger partial charge in [0.1, 0.15) is 5.75 Å². The Bertz CT molecular complexity index is 955. The van der Waals surface area contributed by atoms with E-state index in [9.17, 15) is 13.2 Å². The fourth-order valence-electron chi connectivity index (χ4n) is 3.18. The van der Waals surface area contributed by atoms with Crippen molar-refractivity contribution in [2.75, 3.05) is 23.7 Å². The topological polar surface area (TPSA) is 75.7 Å². The van der Waals surface area contributed by atoms with E-state index in [1.807, 2.05) is 19.9 Å². The van der Waals surface area contributed by atoms with Gasteiger partial charge in [0.15, 0.2) is 6.10 Å². The van der Waals surface area contributed by atoms with Crippen molar-refractivity contribution >= 4 is 21.6 Å². The number of nitrogens with zero attached hydrogens (tertiary/aromatic N) is 1. The molecule has 6 nitrogen and oxygen atoms in total. The Labute approximate surface area is 166 Å². The van der Waals surface area contributed by atoms with Crippen LogP contribution in [0, 0.1) is 13.8 Å². The molecule has 0 spiro atoms. The lowest BCUT2D eigenvalue weighted by molar-refractivity contribution is -0.127. The number of carbonyl (C=O) groups excluding carboxylic acids is 1. The lowest BCUT2D eigenvalue weighted by atomic mass is 10.1. The Kier molecular flexibility index (Phi) is 5.93. The Balaban J connectivity index is 1.61. The summed E-state index contributed by atoms with van der Waals surface area (Å²) in [6, 6.07) is 13.6. The first-order valence-electron chi connectivity index (χ1n) is 9.32. The lowest BCUT2D eigenvalue weighted by Crippen LogP contribution is -2.50. The molecule has 0 aliphatic carbocycles. The molecule has 0 saturated carbocycles. The van der Waals surface area contributed by atoms with Gasteiger partial charge in [-0.2, -0.15) is 0 Å². The van der Waals surface area contributed by atoms with Gasteiger partial charge in [0.2, 0.25) is 10.0 Å². The normalized spacial score (nSPS) is 16.2. The number of amides is 1. The molecule has 28 heavy (non-hydrogen) atoms. The van der Waals surface area contributed by atoms with Crippen LogP contribution in [0.3, 0.4) is 0 Å². The number of benzene rings is 2. The summed E-state index contributed by atoms with van der Waals surface area (Å²) in [4.78, 5) is 12.5. The van der Waals surface area contributed by atoms with E-state index in [0.29, 0.717) is 18.0 Å². The number of hydrogen-bond donors (Lipinski definition) is 1. The maximum Gasteiger partial charge on any atom is 0.263 e. The van der Waals surface area contributed by atoms with Crippen molar-refractivity contribution in [1.29, 1.82) is 0 Å². The van der Waals surface area contributed by atoms with Gasteiger partial charge in [-0.3, -0.25) is 9.10 Å². The molecule has 1 aliphatic rings. The molecule has 1 atom stereocenters. The summed E-state index contributed by atoms with van der Waals surface area (Å²) in [5.74, 6) is 0.103. The number of anilines is 1. The first-order valence-corrected chi connectivity index (χ1v) is 11.2. The fourth-order valence-corrected chi connectivity index (χ4v) is 4.09. The van der Waals surface area contributed by atoms with E-state index >= 15 is 0 Å². The standard InChI is InChI=1S/C21H26N2O4S/c1-15-6-9-17(10-7-15)5-4-12-22-21(24)20-14-23(28(3,25)26)18-13-16(2)8-11-19(18)27-20/h6-11,13,20H,4-5,12,14H2,1-3H3,(H,22,24)/t20-/m0/s1. The van der Waals surface area contributed by atoms with Crippen molar-refractivity contribution in [3.63, 3.8) is 0 Å². The third kappa shape index (κ3) is 4.84. The molecule has 2 aromatic rings. The van der Waals surface area contributed by atoms with Gasteiger partial charge in [-0.05, 0) is 49.9 Å². The summed E-state index contributed by atoms with van der Waals surface area (Å²) in [5.41, 5.74) is 3.85. The Hall–Kier alpha value is -2.54. The van der Waals surface area contributed by atoms with Gasteiger partial charge in [0.05, 0.1) is 18.5 Å². The highest BCUT2D eigenvalue weighted by Crippen LogP contribution is 2.35. The largest absolute Gasteiger partial charge is 0.476 e. The summed E-state index contributed by atoms with van der Waals surface area (Å²) >= 11 is 0. The quantitative estimate of drug-likeness (QED) is 0.754. The van der Waals surface area contributed by atoms with Crippen LogP contribution in [0.25, 0.3) is 0 Å². The molecule has 7 heteroatoms. The third-order valence-corrected chi connectivity index (χ3v) is 5.89. The number of sulfonamides is 1. The molecule has 1 heterocycles. The van der Waals surface area contributed by atoms with Crippen LogP contribution in [-0.2, 0) is 21.2 Å². The van der Waals surface area contributed by atoms with E-state index in [1.165, 1.54) is 15.4 Å². The average molecular weight is 403 g/mol. The van der Waals surface area contributed by atoms with Gasteiger partial charge in [-0.15, -0.1) is 0 Å². The SMILES string of the molecule is Cc1ccc(CCCNC(=O)[C@@H]2CN(S(C)(=O)=O)c3cc(C)ccc3O2)cc1. The van der Waals surface area contributed by atoms with E-state index in [4.69, 9.17) is 4.74 Å². The Morgan fingerprint density at radius 2 is 1.82 bits per heavy atom. The van der Waals surface area contributed by atoms with Gasteiger partial charge < -0.3 is 10.1 Å². The number of carbonyl (C=O) groups is 1. The minimum Gasteiger partial charge on any atom is -0.476 e. The van der Waals surface area contributed by atoms with Crippen LogP contribution in [0.5, 0.6) is 5.75 Å². The van der Waals surface area contributed by atoms with Crippen molar-refractivity contribution in [2.45, 2.75) is 32.8 Å². The van der Waals surface area contributed by atoms with Crippen molar-refractivity contribution < 1.29 is 17.9 Å². The third-order valence-electron chi connectivity index (χ3n) is 4.74. The Morgan fingerprint density at radius 1 is 1.14 bits per heavy atom. The summed E-state index contributed by atoms with van der Waals surface area (Å²) in [6.07, 6.45) is 1.93. The van der Waals surface area contributed by atoms with Crippen molar-refractivity contribution in [3.05, 3.63) is 59.2 Å². The molecule has 0 aromatic heterocycles. The minimum atomic E-state index is -3.51. The zero-order valence-corrected chi connectivity index (χ0v) is 17.3. The van der Waals surface area contributed by atoms with E-state index < -0.39 is 16.1 Å². The van der Waals surface area contributed by atoms with Crippen LogP contribution in [0.1, 0.15) is 23.1 Å². The second-order valence-electron chi connectivity index (χ2n) is 7.25. The highest BCUT2D eigenvalue weighted by molar-refractivity contribution is 7.92. The predicted molar refractivity (Wildman–Crippen MR) is 110 cm³/mol. The molecule has 0 fully saturated rings. The first kappa shape index (κ1) is 20.2. The number of fused-ring (bicyclic) bond motifs is 1. The molecule has 2 aromatic carbocycles. The van der Waals surface area contributed by atoms with E-state index in [2.05, 4.69) is 29.6 Å². The lowest BCUT2D eigenvalue weighted by Gasteiger charge is -2.34. The molecule has 0 bridgehead atoms. The monoisotopic (exact) mass is 402 g/mol. The van der Waals surface area contributed by atoms with Crippen LogP contribution in [-0.4, -0.2) is 39.8 Å². The smallest absolute Gasteiger partial charge is 0.263 e. The molecule has 1 aliphatic heterocycles. The van der Waals surface area contributed by atoms with Crippen molar-refractivity contribution in [3.8, 4) is 5.75 Å². The van der Waals surface area contributed by atoms with Crippen LogP contribution in [0.2, 0.25) is 0 Å². The van der Waals surface area contributed by atoms with Gasteiger partial charge in [0, 0.05) is 6.54 Å². The van der Waals surface area contributed by atoms with Gasteiger partial charge in [-0.1, -0.05) is 35.9 Å². The zero-order chi connectivity index (χ0) is 20.3. The molecule has 1 N–H and O–H groups in total. The summed E-state index contributed by atoms with van der Waals surface area (Å²) in [5, 5.41) is 2.86. The van der Waals surface area contributed by atoms with Crippen LogP contribution < -0.4 is 14.4 Å². The first-order chi connectivity index (χ1) is 13.2. The molecular weight excluding hydrogens is 376 g/mol. The predicted octanol–water partition coefficient (Wildman–Crippen LogP) is 2.58. The zero-order valence-electron chi connectivity index (χ0n) is 16.4. The maximum atomic E-state index is 12.5. The minimum absolute atomic E-state index is 0.0287. The molecule has 0 radical (unpaired) electrons. The van der Waals surface area contributed by atoms with Gasteiger partial charge in [-0.25, -0.2) is 8.42 Å². The highest BCUT2D eigenvalue weighted by Gasteiger charge is 2.34. The van der Waals surface area contributed by atoms with Gasteiger partial charge >= 0.3 is 0 Å². The second kappa shape index (κ2) is 8.22. The number of ether oxygens (including phenoxy) is 1. The molecule has 0 saturated heterocycles. The van der Waals surface area contributed by atoms with Crippen LogP contribution in [0.4, 0.5) is 5.69 Å². The average Bonchev–Trinajstić information content (AvgIpc) is 2.64. The number of rotatable bonds is 6. The summed E-state index contributed by atoms with van der Waals surface area (Å²) < 4.78 is 31.4. The fraction of sp³-hybridized carbons (Fsp3) is 0.381. The van der Waals surface area contributed by atoms with Crippen LogP contribution >= 0.6 is 0 Å². The second-order valence-corrected chi connectivity index (χ2v) is 9.16. The van der Waals surface area contributed by atoms with E-state index in [-0.39, 0.29) is 12.5 Å². The molecular formula is C21H26N2O4S. The summed E-state index contributed by atoms with van der Waals surface area (Å²) in [7, 11) is -3.51. The van der Waals surface area contributed by atoms with Crippen molar-refractivity contribution in [1.82, 2.24) is 5.32 Å². The number of hydrogen-bond acceptors (Lipinski definition) is 4. The van der Waals surface area contributed by atoms with E-state index in [0.717, 1.165) is 24.7 Å². The van der Waals surface area contributed by atoms with E-state index in [1.54, 1.807) is 12.1 Å². The summed E-state index contributed by atoms with van der Waals surface area (Å²) in [6.45, 7) is 4.41. The maximum absolute atomic E-state index is 12.5. The van der Waals surface area contributed by atoms with Gasteiger partial charge in [0.25, 0.3) is 5.91 Å². The number of aryl methyl sites for hydroxylation is 3. The highest BCUT2D eigenvalue weighted by atomic mass is 32.2. The molecule has 0 unspecified atom stereocenters. The number of nitrogens with one attached hydrogen (secondary N) is 1.